The van der Waals surface area contributed by atoms with E-state index in [4.69, 9.17) is 16.3 Å². The Morgan fingerprint density at radius 1 is 1.32 bits per heavy atom. The Morgan fingerprint density at radius 3 is 2.87 bits per heavy atom. The second kappa shape index (κ2) is 9.02. The first-order chi connectivity index (χ1) is 14.9. The fourth-order valence-electron chi connectivity index (χ4n) is 3.95. The number of nitrogens with zero attached hydrogens (tertiary/aromatic N) is 3. The van der Waals surface area contributed by atoms with Crippen LogP contribution in [0.4, 0.5) is 5.69 Å². The van der Waals surface area contributed by atoms with Crippen LogP contribution in [0.15, 0.2) is 52.4 Å². The van der Waals surface area contributed by atoms with Crippen LogP contribution in [0.3, 0.4) is 0 Å². The summed E-state index contributed by atoms with van der Waals surface area (Å²) >= 11 is 7.41. The van der Waals surface area contributed by atoms with E-state index in [2.05, 4.69) is 18.0 Å². The van der Waals surface area contributed by atoms with Crippen molar-refractivity contribution in [2.24, 2.45) is 0 Å². The zero-order valence-corrected chi connectivity index (χ0v) is 19.2. The largest absolute Gasteiger partial charge is 0.383 e. The molecule has 2 heterocycles. The molecule has 1 amide bonds. The smallest absolute Gasteiger partial charge is 0.262 e. The summed E-state index contributed by atoms with van der Waals surface area (Å²) in [6.07, 6.45) is 0.838. The molecule has 0 saturated heterocycles. The molecule has 8 heteroatoms. The number of halogens is 1. The lowest BCUT2D eigenvalue weighted by molar-refractivity contribution is -0.118. The number of carbonyl (C=O) groups excluding carboxylic acids is 1. The Labute approximate surface area is 190 Å². The van der Waals surface area contributed by atoms with E-state index in [1.165, 1.54) is 17.3 Å². The van der Waals surface area contributed by atoms with E-state index in [9.17, 15) is 9.59 Å². The number of ether oxygens (including phenoxy) is 1. The maximum absolute atomic E-state index is 13.4. The summed E-state index contributed by atoms with van der Waals surface area (Å²) in [4.78, 5) is 33.0. The van der Waals surface area contributed by atoms with Crippen molar-refractivity contribution < 1.29 is 9.53 Å². The molecular weight excluding hydrogens is 434 g/mol. The van der Waals surface area contributed by atoms with Gasteiger partial charge in [0.05, 0.1) is 29.3 Å². The van der Waals surface area contributed by atoms with Gasteiger partial charge in [-0.3, -0.25) is 14.2 Å². The molecule has 4 rings (SSSR count). The van der Waals surface area contributed by atoms with Crippen LogP contribution in [0.5, 0.6) is 0 Å². The molecule has 0 radical (unpaired) electrons. The highest BCUT2D eigenvalue weighted by molar-refractivity contribution is 8.00. The molecule has 1 aliphatic heterocycles. The van der Waals surface area contributed by atoms with E-state index in [1.54, 1.807) is 29.9 Å². The van der Waals surface area contributed by atoms with Gasteiger partial charge >= 0.3 is 0 Å². The molecule has 3 aromatic rings. The SMILES string of the molecule is COCCn1c(S[C@@H](C)C(=O)N2c3ccccc3C[C@H]2C)nc2cc(Cl)ccc2c1=O. The van der Waals surface area contributed by atoms with Crippen molar-refractivity contribution in [2.45, 2.75) is 43.3 Å². The third kappa shape index (κ3) is 4.22. The second-order valence-corrected chi connectivity index (χ2v) is 9.40. The molecule has 0 unspecified atom stereocenters. The standard InChI is InChI=1S/C23H24ClN3O3S/c1-14-12-16-6-4-5-7-20(16)27(14)21(28)15(2)31-23-25-19-13-17(24)8-9-18(19)22(29)26(23)10-11-30-3/h4-9,13-15H,10-12H2,1-3H3/t14-,15+/m1/s1. The number of aromatic nitrogens is 2. The average Bonchev–Trinajstić information content (AvgIpc) is 3.08. The highest BCUT2D eigenvalue weighted by Crippen LogP contribution is 2.34. The van der Waals surface area contributed by atoms with E-state index in [0.29, 0.717) is 34.2 Å². The topological polar surface area (TPSA) is 64.4 Å². The van der Waals surface area contributed by atoms with Crippen molar-refractivity contribution in [3.63, 3.8) is 0 Å². The van der Waals surface area contributed by atoms with Gasteiger partial charge < -0.3 is 9.64 Å². The molecule has 0 aliphatic carbocycles. The molecule has 0 spiro atoms. The van der Waals surface area contributed by atoms with Crippen molar-refractivity contribution >= 4 is 45.9 Å². The maximum atomic E-state index is 13.4. The predicted molar refractivity (Wildman–Crippen MR) is 125 cm³/mol. The number of thioether (sulfide) groups is 1. The fraction of sp³-hybridized carbons (Fsp3) is 0.348. The summed E-state index contributed by atoms with van der Waals surface area (Å²) in [5.41, 5.74) is 2.49. The van der Waals surface area contributed by atoms with Crippen LogP contribution in [-0.4, -0.2) is 40.5 Å². The van der Waals surface area contributed by atoms with Gasteiger partial charge in [0.1, 0.15) is 0 Å². The number of carbonyl (C=O) groups is 1. The molecule has 0 N–H and O–H groups in total. The van der Waals surface area contributed by atoms with Gasteiger partial charge in [-0.2, -0.15) is 0 Å². The Morgan fingerprint density at radius 2 is 2.10 bits per heavy atom. The van der Waals surface area contributed by atoms with Crippen molar-refractivity contribution in [2.75, 3.05) is 18.6 Å². The zero-order valence-electron chi connectivity index (χ0n) is 17.7. The van der Waals surface area contributed by atoms with E-state index < -0.39 is 5.25 Å². The molecule has 0 saturated carbocycles. The summed E-state index contributed by atoms with van der Waals surface area (Å²) in [5, 5.41) is 1.06. The minimum Gasteiger partial charge on any atom is -0.383 e. The van der Waals surface area contributed by atoms with Crippen molar-refractivity contribution in [1.29, 1.82) is 0 Å². The molecular formula is C23H24ClN3O3S. The minimum absolute atomic E-state index is 0.00109. The molecule has 2 atom stereocenters. The van der Waals surface area contributed by atoms with Crippen LogP contribution in [0.1, 0.15) is 19.4 Å². The highest BCUT2D eigenvalue weighted by Gasteiger charge is 2.34. The van der Waals surface area contributed by atoms with E-state index in [0.717, 1.165) is 12.1 Å². The van der Waals surface area contributed by atoms with Gasteiger partial charge in [0.2, 0.25) is 5.91 Å². The van der Waals surface area contributed by atoms with Gasteiger partial charge in [0, 0.05) is 23.9 Å². The van der Waals surface area contributed by atoms with Crippen LogP contribution in [-0.2, 0) is 22.5 Å². The van der Waals surface area contributed by atoms with Crippen LogP contribution in [0.25, 0.3) is 10.9 Å². The van der Waals surface area contributed by atoms with Crippen LogP contribution in [0, 0.1) is 0 Å². The molecule has 0 fully saturated rings. The summed E-state index contributed by atoms with van der Waals surface area (Å²) in [6.45, 7) is 4.63. The first kappa shape index (κ1) is 21.9. The number of fused-ring (bicyclic) bond motifs is 2. The van der Waals surface area contributed by atoms with E-state index >= 15 is 0 Å². The Hall–Kier alpha value is -2.35. The number of anilines is 1. The Balaban J connectivity index is 1.68. The minimum atomic E-state index is -0.425. The number of para-hydroxylation sites is 1. The zero-order chi connectivity index (χ0) is 22.1. The van der Waals surface area contributed by atoms with E-state index in [1.807, 2.05) is 30.0 Å². The third-order valence-corrected chi connectivity index (χ3v) is 6.79. The van der Waals surface area contributed by atoms with Gasteiger partial charge in [0.15, 0.2) is 5.16 Å². The fourth-order valence-corrected chi connectivity index (χ4v) is 5.10. The first-order valence-electron chi connectivity index (χ1n) is 10.2. The van der Waals surface area contributed by atoms with Gasteiger partial charge in [-0.05, 0) is 50.1 Å². The quantitative estimate of drug-likeness (QED) is 0.411. The Kier molecular flexibility index (Phi) is 6.36. The molecule has 31 heavy (non-hydrogen) atoms. The number of benzene rings is 2. The van der Waals surface area contributed by atoms with Crippen LogP contribution in [0.2, 0.25) is 5.02 Å². The average molecular weight is 458 g/mol. The van der Waals surface area contributed by atoms with Gasteiger partial charge in [-0.15, -0.1) is 0 Å². The van der Waals surface area contributed by atoms with Crippen molar-refractivity contribution in [1.82, 2.24) is 9.55 Å². The monoisotopic (exact) mass is 457 g/mol. The Bertz CT molecular complexity index is 1200. The third-order valence-electron chi connectivity index (χ3n) is 5.48. The second-order valence-electron chi connectivity index (χ2n) is 7.66. The summed E-state index contributed by atoms with van der Waals surface area (Å²) in [6, 6.07) is 13.1. The lowest BCUT2D eigenvalue weighted by Gasteiger charge is -2.26. The molecule has 2 aromatic carbocycles. The summed E-state index contributed by atoms with van der Waals surface area (Å²) in [5.74, 6) is 0.00109. The molecule has 0 bridgehead atoms. The van der Waals surface area contributed by atoms with Gasteiger partial charge in [0.25, 0.3) is 5.56 Å². The number of rotatable bonds is 6. The molecule has 1 aromatic heterocycles. The summed E-state index contributed by atoms with van der Waals surface area (Å²) < 4.78 is 6.76. The molecule has 6 nitrogen and oxygen atoms in total. The molecule has 162 valence electrons. The number of methoxy groups -OCH3 is 1. The van der Waals surface area contributed by atoms with E-state index in [-0.39, 0.29) is 17.5 Å². The van der Waals surface area contributed by atoms with Crippen LogP contribution < -0.4 is 10.5 Å². The lowest BCUT2D eigenvalue weighted by Crippen LogP contribution is -2.40. The summed E-state index contributed by atoms with van der Waals surface area (Å²) in [7, 11) is 1.59. The molecule has 1 aliphatic rings. The maximum Gasteiger partial charge on any atom is 0.262 e. The van der Waals surface area contributed by atoms with Crippen molar-refractivity contribution in [3.05, 3.63) is 63.4 Å². The normalized spacial score (nSPS) is 16.5. The van der Waals surface area contributed by atoms with Gasteiger partial charge in [-0.25, -0.2) is 4.98 Å². The first-order valence-corrected chi connectivity index (χ1v) is 11.4. The van der Waals surface area contributed by atoms with Crippen LogP contribution >= 0.6 is 23.4 Å². The lowest BCUT2D eigenvalue weighted by atomic mass is 10.1. The number of amides is 1. The highest BCUT2D eigenvalue weighted by atomic mass is 35.5. The van der Waals surface area contributed by atoms with Gasteiger partial charge in [-0.1, -0.05) is 41.6 Å². The number of hydrogen-bond donors (Lipinski definition) is 0. The number of hydrogen-bond acceptors (Lipinski definition) is 5. The predicted octanol–water partition coefficient (Wildman–Crippen LogP) is 4.15. The van der Waals surface area contributed by atoms with Crippen molar-refractivity contribution in [3.8, 4) is 0 Å².